The fourth-order valence-corrected chi connectivity index (χ4v) is 3.16. The van der Waals surface area contributed by atoms with Gasteiger partial charge in [-0.2, -0.15) is 0 Å². The van der Waals surface area contributed by atoms with Crippen molar-refractivity contribution in [3.63, 3.8) is 0 Å². The van der Waals surface area contributed by atoms with Crippen LogP contribution in [0, 0.1) is 0 Å². The average molecular weight is 330 g/mol. The Hall–Kier alpha value is -2.41. The van der Waals surface area contributed by atoms with Gasteiger partial charge in [0, 0.05) is 24.6 Å². The number of hydrogen-bond donors (Lipinski definition) is 2. The molecule has 2 atom stereocenters. The fraction of sp³-hybridized carbons (Fsp3) is 0.312. The Morgan fingerprint density at radius 2 is 2.26 bits per heavy atom. The normalized spacial score (nSPS) is 20.4. The van der Waals surface area contributed by atoms with E-state index in [0.717, 1.165) is 11.4 Å². The molecule has 3 rings (SSSR count). The summed E-state index contributed by atoms with van der Waals surface area (Å²) < 4.78 is 4.73. The first kappa shape index (κ1) is 15.5. The summed E-state index contributed by atoms with van der Waals surface area (Å²) >= 11 is 5.48. The van der Waals surface area contributed by atoms with Crippen LogP contribution in [0.1, 0.15) is 29.9 Å². The van der Waals surface area contributed by atoms with Crippen LogP contribution in [0.2, 0.25) is 0 Å². The zero-order valence-electron chi connectivity index (χ0n) is 12.7. The first-order chi connectivity index (χ1) is 11.2. The van der Waals surface area contributed by atoms with Crippen LogP contribution in [0.15, 0.2) is 42.7 Å². The van der Waals surface area contributed by atoms with Gasteiger partial charge in [0.05, 0.1) is 31.3 Å². The summed E-state index contributed by atoms with van der Waals surface area (Å²) in [4.78, 5) is 21.2. The van der Waals surface area contributed by atoms with E-state index >= 15 is 0 Å². The van der Waals surface area contributed by atoms with Crippen molar-refractivity contribution in [3.05, 3.63) is 54.1 Å². The summed E-state index contributed by atoms with van der Waals surface area (Å²) in [7, 11) is 1.39. The van der Waals surface area contributed by atoms with Gasteiger partial charge in [-0.25, -0.2) is 0 Å². The van der Waals surface area contributed by atoms with Crippen LogP contribution < -0.4 is 5.32 Å². The number of nitrogens with one attached hydrogen (secondary N) is 2. The number of aromatic nitrogens is 2. The minimum absolute atomic E-state index is 0.0444. The lowest BCUT2D eigenvalue weighted by Crippen LogP contribution is -2.32. The van der Waals surface area contributed by atoms with Crippen LogP contribution >= 0.6 is 12.2 Å². The number of H-pyrrole nitrogens is 1. The van der Waals surface area contributed by atoms with Crippen LogP contribution in [0.5, 0.6) is 0 Å². The third-order valence-corrected chi connectivity index (χ3v) is 4.28. The second-order valence-electron chi connectivity index (χ2n) is 5.27. The molecule has 1 saturated heterocycles. The van der Waals surface area contributed by atoms with Gasteiger partial charge >= 0.3 is 5.97 Å². The molecule has 0 radical (unpaired) electrons. The number of nitrogens with zero attached hydrogens (tertiary/aromatic N) is 2. The molecule has 3 heterocycles. The van der Waals surface area contributed by atoms with Gasteiger partial charge in [0.15, 0.2) is 5.11 Å². The van der Waals surface area contributed by atoms with Crippen molar-refractivity contribution in [1.29, 1.82) is 0 Å². The zero-order valence-corrected chi connectivity index (χ0v) is 13.5. The van der Waals surface area contributed by atoms with Gasteiger partial charge in [0.25, 0.3) is 0 Å². The van der Waals surface area contributed by atoms with Gasteiger partial charge in [-0.3, -0.25) is 9.78 Å². The molecule has 120 valence electrons. The second-order valence-corrected chi connectivity index (χ2v) is 5.66. The average Bonchev–Trinajstić information content (AvgIpc) is 3.21. The van der Waals surface area contributed by atoms with Crippen molar-refractivity contribution in [2.24, 2.45) is 0 Å². The summed E-state index contributed by atoms with van der Waals surface area (Å²) in [6.07, 6.45) is 3.93. The van der Waals surface area contributed by atoms with E-state index in [1.54, 1.807) is 6.20 Å². The highest BCUT2D eigenvalue weighted by Gasteiger charge is 2.40. The van der Waals surface area contributed by atoms with Crippen LogP contribution in [-0.2, 0) is 9.53 Å². The molecule has 0 aromatic carbocycles. The highest BCUT2D eigenvalue weighted by atomic mass is 32.1. The maximum absolute atomic E-state index is 11.5. The van der Waals surface area contributed by atoms with Crippen molar-refractivity contribution < 1.29 is 9.53 Å². The number of hydrogen-bond acceptors (Lipinski definition) is 4. The Labute approximate surface area is 139 Å². The molecule has 2 aromatic rings. The van der Waals surface area contributed by atoms with E-state index in [1.807, 2.05) is 41.4 Å². The predicted molar refractivity (Wildman–Crippen MR) is 89.6 cm³/mol. The van der Waals surface area contributed by atoms with Crippen molar-refractivity contribution in [3.8, 4) is 0 Å². The molecule has 0 spiro atoms. The number of methoxy groups -OCH3 is 1. The molecule has 7 heteroatoms. The Morgan fingerprint density at radius 1 is 1.39 bits per heavy atom. The van der Waals surface area contributed by atoms with Gasteiger partial charge in [-0.15, -0.1) is 0 Å². The zero-order chi connectivity index (χ0) is 16.2. The van der Waals surface area contributed by atoms with E-state index in [1.165, 1.54) is 7.11 Å². The summed E-state index contributed by atoms with van der Waals surface area (Å²) in [5.74, 6) is -0.251. The standard InChI is InChI=1S/C16H18N4O2S/c1-22-13(21)7-10-20-15(12-6-4-9-18-12)14(19-16(20)23)11-5-2-3-8-17-11/h2-6,8-9,14-15,18H,7,10H2,1H3,(H,19,23)/t14-,15+/m1/s1. The summed E-state index contributed by atoms with van der Waals surface area (Å²) in [6.45, 7) is 0.492. The third kappa shape index (κ3) is 3.19. The van der Waals surface area contributed by atoms with Crippen LogP contribution in [0.25, 0.3) is 0 Å². The Balaban J connectivity index is 1.89. The number of esters is 1. The molecule has 0 aliphatic carbocycles. The maximum Gasteiger partial charge on any atom is 0.307 e. The van der Waals surface area contributed by atoms with Crippen molar-refractivity contribution in [2.45, 2.75) is 18.5 Å². The van der Waals surface area contributed by atoms with Gasteiger partial charge < -0.3 is 19.9 Å². The molecule has 2 aromatic heterocycles. The van der Waals surface area contributed by atoms with E-state index < -0.39 is 0 Å². The van der Waals surface area contributed by atoms with Gasteiger partial charge in [0.1, 0.15) is 0 Å². The lowest BCUT2D eigenvalue weighted by atomic mass is 10.0. The number of aromatic amines is 1. The predicted octanol–water partition coefficient (Wildman–Crippen LogP) is 1.95. The fourth-order valence-electron chi connectivity index (χ4n) is 2.83. The molecular formula is C16H18N4O2S. The second kappa shape index (κ2) is 6.78. The van der Waals surface area contributed by atoms with E-state index in [4.69, 9.17) is 17.0 Å². The smallest absolute Gasteiger partial charge is 0.307 e. The number of carbonyl (C=O) groups excluding carboxylic acids is 1. The molecule has 0 amide bonds. The molecule has 0 bridgehead atoms. The van der Waals surface area contributed by atoms with Gasteiger partial charge in [0.2, 0.25) is 0 Å². The number of pyridine rings is 1. The first-order valence-corrected chi connectivity index (χ1v) is 7.79. The molecule has 1 aliphatic heterocycles. The lowest BCUT2D eigenvalue weighted by Gasteiger charge is -2.26. The molecule has 1 fully saturated rings. The SMILES string of the molecule is COC(=O)CCN1C(=S)N[C@H](c2ccccn2)[C@@H]1c1ccc[nH]1. The minimum Gasteiger partial charge on any atom is -0.469 e. The Morgan fingerprint density at radius 3 is 2.91 bits per heavy atom. The van der Waals surface area contributed by atoms with Gasteiger partial charge in [-0.1, -0.05) is 6.07 Å². The molecule has 23 heavy (non-hydrogen) atoms. The Kier molecular flexibility index (Phi) is 4.57. The summed E-state index contributed by atoms with van der Waals surface area (Å²) in [5.41, 5.74) is 1.94. The monoisotopic (exact) mass is 330 g/mol. The largest absolute Gasteiger partial charge is 0.469 e. The molecule has 2 N–H and O–H groups in total. The highest BCUT2D eigenvalue weighted by molar-refractivity contribution is 7.80. The van der Waals surface area contributed by atoms with Crippen LogP contribution in [-0.4, -0.2) is 39.6 Å². The van der Waals surface area contributed by atoms with E-state index in [2.05, 4.69) is 15.3 Å². The third-order valence-electron chi connectivity index (χ3n) is 3.92. The Bertz CT molecular complexity index is 675. The number of carbonyl (C=O) groups is 1. The van der Waals surface area contributed by atoms with Crippen LogP contribution in [0.3, 0.4) is 0 Å². The maximum atomic E-state index is 11.5. The molecule has 1 aliphatic rings. The molecule has 6 nitrogen and oxygen atoms in total. The topological polar surface area (TPSA) is 70.2 Å². The minimum atomic E-state index is -0.251. The van der Waals surface area contributed by atoms with Gasteiger partial charge in [-0.05, 0) is 36.5 Å². The van der Waals surface area contributed by atoms with Crippen molar-refractivity contribution >= 4 is 23.3 Å². The summed E-state index contributed by atoms with van der Waals surface area (Å²) in [5, 5.41) is 3.94. The first-order valence-electron chi connectivity index (χ1n) is 7.39. The highest BCUT2D eigenvalue weighted by Crippen LogP contribution is 2.37. The van der Waals surface area contributed by atoms with E-state index in [0.29, 0.717) is 11.7 Å². The van der Waals surface area contributed by atoms with Crippen molar-refractivity contribution in [2.75, 3.05) is 13.7 Å². The van der Waals surface area contributed by atoms with E-state index in [-0.39, 0.29) is 24.5 Å². The summed E-state index contributed by atoms with van der Waals surface area (Å²) in [6, 6.07) is 9.66. The number of thiocarbonyl (C=S) groups is 1. The molecular weight excluding hydrogens is 312 g/mol. The number of ether oxygens (including phenoxy) is 1. The van der Waals surface area contributed by atoms with Crippen LogP contribution in [0.4, 0.5) is 0 Å². The molecule has 0 unspecified atom stereocenters. The lowest BCUT2D eigenvalue weighted by molar-refractivity contribution is -0.140. The van der Waals surface area contributed by atoms with E-state index in [9.17, 15) is 4.79 Å². The van der Waals surface area contributed by atoms with Crippen molar-refractivity contribution in [1.82, 2.24) is 20.2 Å². The quantitative estimate of drug-likeness (QED) is 0.645. The molecule has 0 saturated carbocycles. The number of rotatable bonds is 5.